The smallest absolute Gasteiger partial charge is 0.227 e. The zero-order valence-electron chi connectivity index (χ0n) is 15.5. The Morgan fingerprint density at radius 2 is 1.86 bits per heavy atom. The Kier molecular flexibility index (Phi) is 5.30. The van der Waals surface area contributed by atoms with Crippen molar-refractivity contribution in [3.8, 4) is 22.5 Å². The lowest BCUT2D eigenvalue weighted by atomic mass is 10.1. The number of nitrogens with zero attached hydrogens (tertiary/aromatic N) is 2. The fourth-order valence-corrected chi connectivity index (χ4v) is 3.65. The Labute approximate surface area is 167 Å². The lowest BCUT2D eigenvalue weighted by Crippen LogP contribution is -2.25. The average molecular weight is 388 g/mol. The molecule has 0 saturated carbocycles. The fraction of sp³-hybridized carbons (Fsp3) is 0.136. The summed E-state index contributed by atoms with van der Waals surface area (Å²) in [4.78, 5) is 24.4. The Bertz CT molecular complexity index is 1070. The number of aromatic amines is 1. The molecule has 6 heteroatoms. The van der Waals surface area contributed by atoms with Crippen LogP contribution in [0.3, 0.4) is 0 Å². The summed E-state index contributed by atoms with van der Waals surface area (Å²) >= 11 is 1.50. The van der Waals surface area contributed by atoms with E-state index in [0.717, 1.165) is 33.3 Å². The molecule has 0 fully saturated rings. The van der Waals surface area contributed by atoms with E-state index in [0.29, 0.717) is 6.54 Å². The summed E-state index contributed by atoms with van der Waals surface area (Å²) < 4.78 is 0. The van der Waals surface area contributed by atoms with E-state index in [2.05, 4.69) is 51.5 Å². The van der Waals surface area contributed by atoms with Crippen molar-refractivity contribution in [1.29, 1.82) is 0 Å². The first kappa shape index (κ1) is 18.1. The number of H-pyrrole nitrogens is 1. The molecule has 0 bridgehead atoms. The normalized spacial score (nSPS) is 10.8. The summed E-state index contributed by atoms with van der Waals surface area (Å²) in [6, 6.07) is 18.2. The molecule has 1 amide bonds. The molecule has 0 aliphatic heterocycles. The molecular weight excluding hydrogens is 368 g/mol. The largest absolute Gasteiger partial charge is 0.349 e. The lowest BCUT2D eigenvalue weighted by Gasteiger charge is -2.02. The second-order valence-electron chi connectivity index (χ2n) is 6.56. The quantitative estimate of drug-likeness (QED) is 0.515. The van der Waals surface area contributed by atoms with Crippen LogP contribution in [0.4, 0.5) is 0 Å². The summed E-state index contributed by atoms with van der Waals surface area (Å²) in [7, 11) is 0. The van der Waals surface area contributed by atoms with Crippen LogP contribution in [0.1, 0.15) is 16.4 Å². The minimum absolute atomic E-state index is 0.0672. The molecule has 0 unspecified atom stereocenters. The second-order valence-corrected chi connectivity index (χ2v) is 7.50. The van der Waals surface area contributed by atoms with Crippen molar-refractivity contribution in [3.05, 3.63) is 82.6 Å². The van der Waals surface area contributed by atoms with Gasteiger partial charge in [-0.05, 0) is 12.5 Å². The van der Waals surface area contributed by atoms with Crippen molar-refractivity contribution >= 4 is 17.2 Å². The molecule has 0 radical (unpaired) electrons. The zero-order chi connectivity index (χ0) is 19.3. The van der Waals surface area contributed by atoms with E-state index in [-0.39, 0.29) is 12.3 Å². The SMILES string of the molecule is Cc1ccc(-c2csc(CC(=O)NCc3ncc(-c4ccccc4)[nH]3)n2)cc1. The predicted octanol–water partition coefficient (Wildman–Crippen LogP) is 4.37. The van der Waals surface area contributed by atoms with E-state index < -0.39 is 0 Å². The first-order chi connectivity index (χ1) is 13.7. The van der Waals surface area contributed by atoms with Crippen molar-refractivity contribution in [2.24, 2.45) is 0 Å². The number of hydrogen-bond acceptors (Lipinski definition) is 4. The molecule has 5 nitrogen and oxygen atoms in total. The van der Waals surface area contributed by atoms with Crippen LogP contribution in [0.2, 0.25) is 0 Å². The van der Waals surface area contributed by atoms with Gasteiger partial charge in [0.1, 0.15) is 10.8 Å². The first-order valence-corrected chi connectivity index (χ1v) is 9.93. The van der Waals surface area contributed by atoms with Gasteiger partial charge in [0, 0.05) is 10.9 Å². The molecule has 0 saturated heterocycles. The third kappa shape index (κ3) is 4.35. The molecule has 0 spiro atoms. The van der Waals surface area contributed by atoms with Crippen molar-refractivity contribution < 1.29 is 4.79 Å². The maximum absolute atomic E-state index is 12.3. The Hall–Kier alpha value is -3.25. The van der Waals surface area contributed by atoms with E-state index in [4.69, 9.17) is 0 Å². The van der Waals surface area contributed by atoms with Crippen LogP contribution in [0, 0.1) is 6.92 Å². The van der Waals surface area contributed by atoms with Crippen molar-refractivity contribution in [3.63, 3.8) is 0 Å². The van der Waals surface area contributed by atoms with Gasteiger partial charge in [0.05, 0.1) is 30.6 Å². The maximum atomic E-state index is 12.3. The number of hydrogen-bond donors (Lipinski definition) is 2. The number of aryl methyl sites for hydroxylation is 1. The Morgan fingerprint density at radius 3 is 2.64 bits per heavy atom. The van der Waals surface area contributed by atoms with E-state index in [1.165, 1.54) is 16.9 Å². The van der Waals surface area contributed by atoms with Crippen LogP contribution < -0.4 is 5.32 Å². The third-order valence-corrected chi connectivity index (χ3v) is 5.23. The van der Waals surface area contributed by atoms with Crippen molar-refractivity contribution in [2.75, 3.05) is 0 Å². The lowest BCUT2D eigenvalue weighted by molar-refractivity contribution is -0.120. The minimum atomic E-state index is -0.0672. The van der Waals surface area contributed by atoms with Crippen LogP contribution in [-0.2, 0) is 17.8 Å². The van der Waals surface area contributed by atoms with E-state index in [9.17, 15) is 4.79 Å². The molecule has 2 N–H and O–H groups in total. The van der Waals surface area contributed by atoms with Crippen LogP contribution in [0.25, 0.3) is 22.5 Å². The van der Waals surface area contributed by atoms with Gasteiger partial charge in [-0.25, -0.2) is 9.97 Å². The highest BCUT2D eigenvalue weighted by molar-refractivity contribution is 7.10. The minimum Gasteiger partial charge on any atom is -0.349 e. The molecule has 4 aromatic rings. The zero-order valence-corrected chi connectivity index (χ0v) is 16.3. The van der Waals surface area contributed by atoms with Gasteiger partial charge in [0.15, 0.2) is 0 Å². The van der Waals surface area contributed by atoms with E-state index in [1.807, 2.05) is 35.7 Å². The molecular formula is C22H20N4OS. The Morgan fingerprint density at radius 1 is 1.07 bits per heavy atom. The second kappa shape index (κ2) is 8.19. The van der Waals surface area contributed by atoms with Crippen LogP contribution in [-0.4, -0.2) is 20.9 Å². The molecule has 140 valence electrons. The van der Waals surface area contributed by atoms with Crippen LogP contribution in [0.15, 0.2) is 66.2 Å². The van der Waals surface area contributed by atoms with Gasteiger partial charge >= 0.3 is 0 Å². The first-order valence-electron chi connectivity index (χ1n) is 9.05. The summed E-state index contributed by atoms with van der Waals surface area (Å²) in [5, 5.41) is 5.70. The number of amides is 1. The highest BCUT2D eigenvalue weighted by Gasteiger charge is 2.10. The van der Waals surface area contributed by atoms with Crippen molar-refractivity contribution in [2.45, 2.75) is 19.9 Å². The monoisotopic (exact) mass is 388 g/mol. The van der Waals surface area contributed by atoms with E-state index in [1.54, 1.807) is 6.20 Å². The number of aromatic nitrogens is 3. The van der Waals surface area contributed by atoms with Gasteiger partial charge in [0.2, 0.25) is 5.91 Å². The van der Waals surface area contributed by atoms with Gasteiger partial charge in [0.25, 0.3) is 0 Å². The number of carbonyl (C=O) groups excluding carboxylic acids is 1. The predicted molar refractivity (Wildman–Crippen MR) is 112 cm³/mol. The molecule has 2 aromatic carbocycles. The van der Waals surface area contributed by atoms with Gasteiger partial charge < -0.3 is 10.3 Å². The van der Waals surface area contributed by atoms with Gasteiger partial charge in [-0.2, -0.15) is 0 Å². The highest BCUT2D eigenvalue weighted by Crippen LogP contribution is 2.22. The molecule has 0 atom stereocenters. The maximum Gasteiger partial charge on any atom is 0.227 e. The molecule has 4 rings (SSSR count). The molecule has 0 aliphatic rings. The number of imidazole rings is 1. The number of rotatable bonds is 6. The molecule has 28 heavy (non-hydrogen) atoms. The number of thiazole rings is 1. The Balaban J connectivity index is 1.33. The number of nitrogens with one attached hydrogen (secondary N) is 2. The van der Waals surface area contributed by atoms with Gasteiger partial charge in [-0.3, -0.25) is 4.79 Å². The molecule has 2 heterocycles. The van der Waals surface area contributed by atoms with Crippen molar-refractivity contribution in [1.82, 2.24) is 20.3 Å². The molecule has 0 aliphatic carbocycles. The highest BCUT2D eigenvalue weighted by atomic mass is 32.1. The van der Waals surface area contributed by atoms with Crippen LogP contribution >= 0.6 is 11.3 Å². The van der Waals surface area contributed by atoms with E-state index >= 15 is 0 Å². The van der Waals surface area contributed by atoms with Crippen LogP contribution in [0.5, 0.6) is 0 Å². The standard InChI is InChI=1S/C22H20N4OS/c1-15-7-9-17(10-8-15)19-14-28-22(26-19)11-21(27)24-13-20-23-12-18(25-20)16-5-3-2-4-6-16/h2-10,12,14H,11,13H2,1H3,(H,23,25)(H,24,27). The number of benzene rings is 2. The topological polar surface area (TPSA) is 70.7 Å². The molecule has 2 aromatic heterocycles. The summed E-state index contributed by atoms with van der Waals surface area (Å²) in [6.45, 7) is 2.42. The summed E-state index contributed by atoms with van der Waals surface area (Å²) in [5.74, 6) is 0.661. The third-order valence-electron chi connectivity index (χ3n) is 4.38. The summed E-state index contributed by atoms with van der Waals surface area (Å²) in [6.07, 6.45) is 2.05. The number of carbonyl (C=O) groups is 1. The fourth-order valence-electron chi connectivity index (χ4n) is 2.85. The van der Waals surface area contributed by atoms with Gasteiger partial charge in [-0.15, -0.1) is 11.3 Å². The summed E-state index contributed by atoms with van der Waals surface area (Å²) in [5.41, 5.74) is 5.20. The van der Waals surface area contributed by atoms with Gasteiger partial charge in [-0.1, -0.05) is 60.2 Å². The average Bonchev–Trinajstić information content (AvgIpc) is 3.37.